The van der Waals surface area contributed by atoms with Crippen molar-refractivity contribution in [3.05, 3.63) is 35.4 Å². The van der Waals surface area contributed by atoms with Crippen LogP contribution in [-0.4, -0.2) is 70.0 Å². The van der Waals surface area contributed by atoms with E-state index in [0.29, 0.717) is 31.7 Å². The smallest absolute Gasteiger partial charge is 0.326 e. The van der Waals surface area contributed by atoms with E-state index < -0.39 is 30.0 Å². The van der Waals surface area contributed by atoms with Crippen LogP contribution in [0.2, 0.25) is 0 Å². The summed E-state index contributed by atoms with van der Waals surface area (Å²) in [6, 6.07) is 5.52. The summed E-state index contributed by atoms with van der Waals surface area (Å²) < 4.78 is 0. The second-order valence-electron chi connectivity index (χ2n) is 8.77. The lowest BCUT2D eigenvalue weighted by Crippen LogP contribution is -2.60. The largest absolute Gasteiger partial charge is 0.480 e. The summed E-state index contributed by atoms with van der Waals surface area (Å²) in [6.07, 6.45) is 0.685. The van der Waals surface area contributed by atoms with Crippen molar-refractivity contribution >= 4 is 39.4 Å². The van der Waals surface area contributed by atoms with Crippen LogP contribution in [0.5, 0.6) is 0 Å². The average molecular weight is 481 g/mol. The van der Waals surface area contributed by atoms with Crippen LogP contribution >= 0.6 is 21.6 Å². The van der Waals surface area contributed by atoms with Crippen LogP contribution in [0.3, 0.4) is 0 Å². The highest BCUT2D eigenvalue weighted by Crippen LogP contribution is 2.28. The molecule has 10 heteroatoms. The summed E-state index contributed by atoms with van der Waals surface area (Å²) in [4.78, 5) is 40.1. The highest BCUT2D eigenvalue weighted by atomic mass is 33.1. The topological polar surface area (TPSA) is 125 Å². The predicted octanol–water partition coefficient (Wildman–Crippen LogP) is 1.24. The van der Waals surface area contributed by atoms with Gasteiger partial charge < -0.3 is 26.4 Å². The maximum atomic E-state index is 13.6. The molecule has 0 bridgehead atoms. The summed E-state index contributed by atoms with van der Waals surface area (Å²) in [6.45, 7) is 4.67. The summed E-state index contributed by atoms with van der Waals surface area (Å²) >= 11 is 0. The number of hydrogen-bond donors (Lipinski definition) is 4. The van der Waals surface area contributed by atoms with Crippen LogP contribution < -0.4 is 16.4 Å². The van der Waals surface area contributed by atoms with E-state index in [9.17, 15) is 19.5 Å². The van der Waals surface area contributed by atoms with Crippen LogP contribution in [-0.2, 0) is 27.3 Å². The highest BCUT2D eigenvalue weighted by Gasteiger charge is 2.39. The first-order chi connectivity index (χ1) is 15.3. The molecule has 176 valence electrons. The molecule has 1 saturated heterocycles. The minimum Gasteiger partial charge on any atom is -0.480 e. The van der Waals surface area contributed by atoms with Gasteiger partial charge in [0, 0.05) is 37.1 Å². The fourth-order valence-electron chi connectivity index (χ4n) is 3.97. The van der Waals surface area contributed by atoms with Gasteiger partial charge in [-0.1, -0.05) is 59.7 Å². The zero-order chi connectivity index (χ0) is 23.3. The van der Waals surface area contributed by atoms with Crippen LogP contribution in [0.4, 0.5) is 0 Å². The van der Waals surface area contributed by atoms with E-state index in [1.54, 1.807) is 26.5 Å². The summed E-state index contributed by atoms with van der Waals surface area (Å²) in [5.41, 5.74) is 8.08. The van der Waals surface area contributed by atoms with Crippen molar-refractivity contribution < 1.29 is 19.5 Å². The first-order valence-electron chi connectivity index (χ1n) is 10.9. The van der Waals surface area contributed by atoms with Crippen molar-refractivity contribution in [1.29, 1.82) is 0 Å². The molecule has 5 N–H and O–H groups in total. The van der Waals surface area contributed by atoms with Crippen molar-refractivity contribution in [3.63, 3.8) is 0 Å². The molecule has 0 aromatic heterocycles. The third-order valence-electron chi connectivity index (χ3n) is 5.68. The monoisotopic (exact) mass is 480 g/mol. The summed E-state index contributed by atoms with van der Waals surface area (Å²) in [7, 11) is 3.25. The normalized spacial score (nSPS) is 24.8. The van der Waals surface area contributed by atoms with Gasteiger partial charge in [-0.05, 0) is 23.5 Å². The molecule has 0 radical (unpaired) electrons. The first-order valence-corrected chi connectivity index (χ1v) is 13.4. The van der Waals surface area contributed by atoms with Gasteiger partial charge in [-0.3, -0.25) is 9.59 Å². The second kappa shape index (κ2) is 11.4. The minimum atomic E-state index is -1.06. The molecule has 2 heterocycles. The molecule has 0 saturated carbocycles. The fraction of sp³-hybridized carbons (Fsp3) is 0.591. The molecule has 2 amide bonds. The number of fused-ring (bicyclic) bond motifs is 1. The number of nitrogens with one attached hydrogen (secondary N) is 2. The first kappa shape index (κ1) is 24.9. The van der Waals surface area contributed by atoms with E-state index in [4.69, 9.17) is 5.73 Å². The molecule has 4 atom stereocenters. The van der Waals surface area contributed by atoms with Gasteiger partial charge >= 0.3 is 5.97 Å². The molecule has 32 heavy (non-hydrogen) atoms. The number of nitrogens with two attached hydrogens (primary N) is 1. The Labute approximate surface area is 196 Å². The molecule has 1 fully saturated rings. The maximum absolute atomic E-state index is 13.6. The zero-order valence-corrected chi connectivity index (χ0v) is 20.1. The molecule has 2 aliphatic rings. The number of carboxylic acid groups (broad SMARTS) is 1. The lowest BCUT2D eigenvalue weighted by molar-refractivity contribution is -0.146. The van der Waals surface area contributed by atoms with Gasteiger partial charge in [0.1, 0.15) is 12.1 Å². The second-order valence-corrected chi connectivity index (χ2v) is 11.3. The number of aliphatic carboxylic acids is 1. The van der Waals surface area contributed by atoms with Gasteiger partial charge in [-0.25, -0.2) is 4.79 Å². The molecular weight excluding hydrogens is 448 g/mol. The van der Waals surface area contributed by atoms with Gasteiger partial charge in [0.15, 0.2) is 0 Å². The van der Waals surface area contributed by atoms with Crippen molar-refractivity contribution in [1.82, 2.24) is 15.5 Å². The minimum absolute atomic E-state index is 0.0448. The van der Waals surface area contributed by atoms with Crippen molar-refractivity contribution in [2.45, 2.75) is 57.4 Å². The van der Waals surface area contributed by atoms with E-state index in [2.05, 4.69) is 10.6 Å². The van der Waals surface area contributed by atoms with Gasteiger partial charge in [0.25, 0.3) is 0 Å². The number of amides is 2. The number of rotatable bonds is 6. The Bertz CT molecular complexity index is 838. The highest BCUT2D eigenvalue weighted by molar-refractivity contribution is 8.76. The van der Waals surface area contributed by atoms with Crippen molar-refractivity contribution in [2.75, 3.05) is 18.1 Å². The van der Waals surface area contributed by atoms with E-state index >= 15 is 0 Å². The lowest BCUT2D eigenvalue weighted by Gasteiger charge is -2.39. The lowest BCUT2D eigenvalue weighted by atomic mass is 9.92. The Hall–Kier alpha value is -1.75. The molecule has 8 nitrogen and oxygen atoms in total. The van der Waals surface area contributed by atoms with Crippen LogP contribution in [0, 0.1) is 5.92 Å². The third kappa shape index (κ3) is 6.40. The molecule has 2 aliphatic heterocycles. The Morgan fingerprint density at radius 2 is 1.91 bits per heavy atom. The maximum Gasteiger partial charge on any atom is 0.326 e. The molecule has 3 rings (SSSR count). The van der Waals surface area contributed by atoms with Gasteiger partial charge in [-0.2, -0.15) is 0 Å². The number of carbonyl (C=O) groups is 3. The zero-order valence-electron chi connectivity index (χ0n) is 18.5. The predicted molar refractivity (Wildman–Crippen MR) is 128 cm³/mol. The van der Waals surface area contributed by atoms with E-state index in [0.717, 1.165) is 16.9 Å². The third-order valence-corrected chi connectivity index (χ3v) is 8.20. The molecule has 1 aromatic rings. The van der Waals surface area contributed by atoms with E-state index in [-0.39, 0.29) is 17.9 Å². The Morgan fingerprint density at radius 3 is 2.59 bits per heavy atom. The Balaban J connectivity index is 1.83. The number of carbonyl (C=O) groups excluding carboxylic acids is 2. The van der Waals surface area contributed by atoms with Crippen LogP contribution in [0.1, 0.15) is 31.4 Å². The molecule has 1 aromatic carbocycles. The van der Waals surface area contributed by atoms with Gasteiger partial charge in [0.05, 0.1) is 6.04 Å². The van der Waals surface area contributed by atoms with Gasteiger partial charge in [0.2, 0.25) is 11.8 Å². The molecule has 4 unspecified atom stereocenters. The Kier molecular flexibility index (Phi) is 8.87. The van der Waals surface area contributed by atoms with Crippen LogP contribution in [0.25, 0.3) is 0 Å². The van der Waals surface area contributed by atoms with Crippen LogP contribution in [0.15, 0.2) is 24.3 Å². The van der Waals surface area contributed by atoms with Gasteiger partial charge in [-0.15, -0.1) is 0 Å². The number of nitrogens with zero attached hydrogens (tertiary/aromatic N) is 1. The Morgan fingerprint density at radius 1 is 1.22 bits per heavy atom. The van der Waals surface area contributed by atoms with Crippen molar-refractivity contribution in [3.8, 4) is 0 Å². The summed E-state index contributed by atoms with van der Waals surface area (Å²) in [5, 5.41) is 15.5. The van der Waals surface area contributed by atoms with E-state index in [1.165, 1.54) is 0 Å². The van der Waals surface area contributed by atoms with Crippen molar-refractivity contribution in [2.24, 2.45) is 11.7 Å². The molecule has 0 spiro atoms. The number of hydrogen-bond acceptors (Lipinski definition) is 7. The number of carboxylic acids is 1. The standard InChI is InChI=1S/C22H32N4O4S2/c1-13(2)7-17(22(29)30)25-20(27)19-8-14-5-3-4-6-15(14)10-26(19)21(28)18-12-32-31-11-16(23)9-24-18/h3-6,13,16-19,24H,7-12,23H2,1-2H3,(H,25,27)(H,29,30). The summed E-state index contributed by atoms with van der Waals surface area (Å²) in [5.74, 6) is -0.145. The molecule has 0 aliphatic carbocycles. The fourth-order valence-corrected chi connectivity index (χ4v) is 6.36. The number of benzene rings is 1. The average Bonchev–Trinajstić information content (AvgIpc) is 2.74. The molecular formula is C22H32N4O4S2. The SMILES string of the molecule is CC(C)CC(NC(=O)C1Cc2ccccc2CN1C(=O)C1CSSCC(N)CN1)C(=O)O. The quantitative estimate of drug-likeness (QED) is 0.448. The van der Waals surface area contributed by atoms with E-state index in [1.807, 2.05) is 38.1 Å².